The van der Waals surface area contributed by atoms with Crippen LogP contribution < -0.4 is 0 Å². The van der Waals surface area contributed by atoms with E-state index in [0.717, 1.165) is 0 Å². The number of hydrogen-bond donors (Lipinski definition) is 0. The Morgan fingerprint density at radius 3 is 1.19 bits per heavy atom. The topological polar surface area (TPSA) is 86.7 Å². The summed E-state index contributed by atoms with van der Waals surface area (Å²) in [5.74, 6) is -17.0. The van der Waals surface area contributed by atoms with Crippen molar-refractivity contribution in [1.82, 2.24) is 0 Å². The summed E-state index contributed by atoms with van der Waals surface area (Å²) >= 11 is 0. The normalized spacial score (nSPS) is 14.5. The maximum Gasteiger partial charge on any atom is 0.450 e. The van der Waals surface area contributed by atoms with Gasteiger partial charge in [-0.05, 0) is 19.8 Å². The fourth-order valence-corrected chi connectivity index (χ4v) is 2.13. The number of hydrogen-bond acceptors (Lipinski definition) is 6. The average Bonchev–Trinajstić information content (AvgIpc) is 2.46. The number of rotatable bonds is 8. The molecule has 0 unspecified atom stereocenters. The molecular formula is C14H16F6O6. The van der Waals surface area contributed by atoms with Crippen molar-refractivity contribution in [3.8, 4) is 0 Å². The second-order valence-electron chi connectivity index (χ2n) is 5.04. The summed E-state index contributed by atoms with van der Waals surface area (Å²) in [5.41, 5.74) is 0. The summed E-state index contributed by atoms with van der Waals surface area (Å²) in [6, 6.07) is 0. The van der Waals surface area contributed by atoms with Gasteiger partial charge < -0.3 is 9.47 Å². The van der Waals surface area contributed by atoms with Crippen LogP contribution in [0.15, 0.2) is 0 Å². The molecule has 0 aromatic heterocycles. The highest BCUT2D eigenvalue weighted by Gasteiger charge is 2.56. The van der Waals surface area contributed by atoms with Gasteiger partial charge in [0, 0.05) is 0 Å². The molecule has 0 fully saturated rings. The lowest BCUT2D eigenvalue weighted by Crippen LogP contribution is -2.48. The van der Waals surface area contributed by atoms with E-state index in [-0.39, 0.29) is 0 Å². The summed E-state index contributed by atoms with van der Waals surface area (Å²) in [7, 11) is 0. The molecule has 0 aliphatic heterocycles. The van der Waals surface area contributed by atoms with E-state index in [1.165, 1.54) is 13.8 Å². The molecule has 0 spiro atoms. The van der Waals surface area contributed by atoms with Gasteiger partial charge >= 0.3 is 24.3 Å². The molecule has 0 rings (SSSR count). The Balaban J connectivity index is 6.14. The number of halogens is 6. The standard InChI is InChI=1S/C14H16F6O6/c1-4-25-11(23)7(9(21)13(15,16)17)6(3)8(12(24)26-5-2)10(22)14(18,19)20/h6-8H,4-5H2,1-3H3/t7-,8-/m0/s1. The van der Waals surface area contributed by atoms with E-state index in [1.54, 1.807) is 0 Å². The molecule has 0 heterocycles. The molecular weight excluding hydrogens is 378 g/mol. The van der Waals surface area contributed by atoms with Crippen LogP contribution in [-0.4, -0.2) is 49.1 Å². The molecule has 0 aromatic rings. The summed E-state index contributed by atoms with van der Waals surface area (Å²) in [5, 5.41) is 0. The predicted molar refractivity (Wildman–Crippen MR) is 71.5 cm³/mol. The van der Waals surface area contributed by atoms with Crippen molar-refractivity contribution < 1.29 is 55.0 Å². The number of alkyl halides is 6. The number of carbonyl (C=O) groups is 4. The maximum absolute atomic E-state index is 12.7. The molecule has 0 aromatic carbocycles. The number of carbonyl (C=O) groups excluding carboxylic acids is 4. The minimum absolute atomic E-state index is 0.482. The molecule has 0 saturated carbocycles. The van der Waals surface area contributed by atoms with Gasteiger partial charge in [0.05, 0.1) is 13.2 Å². The van der Waals surface area contributed by atoms with Gasteiger partial charge in [0.15, 0.2) is 0 Å². The van der Waals surface area contributed by atoms with Crippen molar-refractivity contribution in [2.75, 3.05) is 13.2 Å². The lowest BCUT2D eigenvalue weighted by atomic mass is 9.78. The maximum atomic E-state index is 12.7. The molecule has 12 heteroatoms. The Bertz CT molecular complexity index is 505. The second kappa shape index (κ2) is 8.99. The molecule has 150 valence electrons. The minimum Gasteiger partial charge on any atom is -0.465 e. The quantitative estimate of drug-likeness (QED) is 0.357. The number of ether oxygens (including phenoxy) is 2. The molecule has 0 N–H and O–H groups in total. The Morgan fingerprint density at radius 1 is 0.731 bits per heavy atom. The Hall–Kier alpha value is -2.14. The largest absolute Gasteiger partial charge is 0.465 e. The van der Waals surface area contributed by atoms with Crippen LogP contribution in [0.4, 0.5) is 26.3 Å². The predicted octanol–water partition coefficient (Wildman–Crippen LogP) is 2.24. The molecule has 0 bridgehead atoms. The van der Waals surface area contributed by atoms with E-state index in [2.05, 4.69) is 9.47 Å². The lowest BCUT2D eigenvalue weighted by molar-refractivity contribution is -0.190. The van der Waals surface area contributed by atoms with E-state index in [9.17, 15) is 45.5 Å². The molecule has 6 nitrogen and oxygen atoms in total. The highest BCUT2D eigenvalue weighted by Crippen LogP contribution is 2.34. The zero-order valence-electron chi connectivity index (χ0n) is 13.9. The van der Waals surface area contributed by atoms with Crippen molar-refractivity contribution in [2.24, 2.45) is 17.8 Å². The van der Waals surface area contributed by atoms with Crippen LogP contribution in [0.3, 0.4) is 0 Å². The highest BCUT2D eigenvalue weighted by atomic mass is 19.4. The van der Waals surface area contributed by atoms with E-state index in [0.29, 0.717) is 6.92 Å². The van der Waals surface area contributed by atoms with Gasteiger partial charge in [0.2, 0.25) is 0 Å². The zero-order valence-corrected chi connectivity index (χ0v) is 13.9. The van der Waals surface area contributed by atoms with Gasteiger partial charge in [-0.15, -0.1) is 0 Å². The first-order valence-corrected chi connectivity index (χ1v) is 7.25. The molecule has 0 aliphatic carbocycles. The third-order valence-electron chi connectivity index (χ3n) is 3.26. The highest BCUT2D eigenvalue weighted by molar-refractivity contribution is 6.06. The summed E-state index contributed by atoms with van der Waals surface area (Å²) in [6.45, 7) is 1.97. The molecule has 0 amide bonds. The molecule has 0 saturated heterocycles. The van der Waals surface area contributed by atoms with Crippen molar-refractivity contribution in [3.05, 3.63) is 0 Å². The first kappa shape index (κ1) is 23.9. The average molecular weight is 394 g/mol. The van der Waals surface area contributed by atoms with Crippen LogP contribution in [0.2, 0.25) is 0 Å². The number of Topliss-reactive ketones (excluding diaryl/α,β-unsaturated/α-hetero) is 2. The van der Waals surface area contributed by atoms with Crippen molar-refractivity contribution in [1.29, 1.82) is 0 Å². The fraction of sp³-hybridized carbons (Fsp3) is 0.714. The van der Waals surface area contributed by atoms with Crippen molar-refractivity contribution >= 4 is 23.5 Å². The Kier molecular flexibility index (Phi) is 8.25. The van der Waals surface area contributed by atoms with E-state index >= 15 is 0 Å². The number of esters is 2. The second-order valence-corrected chi connectivity index (χ2v) is 5.04. The van der Waals surface area contributed by atoms with Gasteiger partial charge in [-0.2, -0.15) is 26.3 Å². The third kappa shape index (κ3) is 5.99. The van der Waals surface area contributed by atoms with Gasteiger partial charge in [-0.3, -0.25) is 19.2 Å². The van der Waals surface area contributed by atoms with Crippen molar-refractivity contribution in [2.45, 2.75) is 33.1 Å². The van der Waals surface area contributed by atoms with Crippen LogP contribution in [0.25, 0.3) is 0 Å². The smallest absolute Gasteiger partial charge is 0.450 e. The molecule has 26 heavy (non-hydrogen) atoms. The van der Waals surface area contributed by atoms with Crippen LogP contribution in [0, 0.1) is 17.8 Å². The van der Waals surface area contributed by atoms with Crippen LogP contribution in [0.1, 0.15) is 20.8 Å². The zero-order chi connectivity index (χ0) is 20.9. The van der Waals surface area contributed by atoms with Crippen molar-refractivity contribution in [3.63, 3.8) is 0 Å². The minimum atomic E-state index is -5.60. The molecule has 0 aliphatic rings. The van der Waals surface area contributed by atoms with E-state index < -0.39 is 66.8 Å². The summed E-state index contributed by atoms with van der Waals surface area (Å²) < 4.78 is 84.9. The van der Waals surface area contributed by atoms with Gasteiger partial charge in [-0.25, -0.2) is 0 Å². The van der Waals surface area contributed by atoms with Crippen LogP contribution >= 0.6 is 0 Å². The lowest BCUT2D eigenvalue weighted by Gasteiger charge is -2.27. The summed E-state index contributed by atoms with van der Waals surface area (Å²) in [6.07, 6.45) is -11.2. The number of ketones is 2. The Morgan fingerprint density at radius 2 is 1.00 bits per heavy atom. The first-order chi connectivity index (χ1) is 11.7. The van der Waals surface area contributed by atoms with Crippen LogP contribution in [0.5, 0.6) is 0 Å². The first-order valence-electron chi connectivity index (χ1n) is 7.25. The molecule has 0 radical (unpaired) electrons. The van der Waals surface area contributed by atoms with Gasteiger partial charge in [-0.1, -0.05) is 6.92 Å². The summed E-state index contributed by atoms with van der Waals surface area (Å²) in [4.78, 5) is 46.5. The van der Waals surface area contributed by atoms with Crippen LogP contribution in [-0.2, 0) is 28.7 Å². The van der Waals surface area contributed by atoms with Gasteiger partial charge in [0.1, 0.15) is 11.8 Å². The Labute approximate surface area is 143 Å². The van der Waals surface area contributed by atoms with E-state index in [4.69, 9.17) is 0 Å². The molecule has 2 atom stereocenters. The van der Waals surface area contributed by atoms with Gasteiger partial charge in [0.25, 0.3) is 11.6 Å². The van der Waals surface area contributed by atoms with E-state index in [1.807, 2.05) is 0 Å². The fourth-order valence-electron chi connectivity index (χ4n) is 2.13. The monoisotopic (exact) mass is 394 g/mol. The third-order valence-corrected chi connectivity index (χ3v) is 3.26. The SMILES string of the molecule is CCOC(=O)[C@H](C(=O)C(F)(F)F)C(C)[C@H](C(=O)OCC)C(=O)C(F)(F)F.